The fourth-order valence-corrected chi connectivity index (χ4v) is 7.13. The van der Waals surface area contributed by atoms with Crippen LogP contribution in [-0.4, -0.2) is 58.9 Å². The lowest BCUT2D eigenvalue weighted by atomic mass is 9.80. The van der Waals surface area contributed by atoms with Gasteiger partial charge in [-0.1, -0.05) is 6.08 Å². The Morgan fingerprint density at radius 2 is 1.42 bits per heavy atom. The van der Waals surface area contributed by atoms with E-state index < -0.39 is 41.9 Å². The van der Waals surface area contributed by atoms with Gasteiger partial charge >= 0.3 is 5.97 Å². The van der Waals surface area contributed by atoms with E-state index >= 15 is 0 Å². The minimum atomic E-state index is -0.800. The molecule has 0 aliphatic heterocycles. The van der Waals surface area contributed by atoms with Crippen molar-refractivity contribution in [1.29, 1.82) is 0 Å². The van der Waals surface area contributed by atoms with Gasteiger partial charge in [0, 0.05) is 40.8 Å². The second-order valence-electron chi connectivity index (χ2n) is 11.2. The largest absolute Gasteiger partial charge is 0.507 e. The van der Waals surface area contributed by atoms with E-state index in [-0.39, 0.29) is 65.9 Å². The van der Waals surface area contributed by atoms with E-state index in [2.05, 4.69) is 0 Å². The van der Waals surface area contributed by atoms with Crippen LogP contribution in [0.5, 0.6) is 17.2 Å². The van der Waals surface area contributed by atoms with Crippen LogP contribution in [0.1, 0.15) is 53.7 Å². The van der Waals surface area contributed by atoms with E-state index in [9.17, 15) is 34.8 Å². The Hall–Kier alpha value is -4.55. The molecule has 0 saturated carbocycles. The van der Waals surface area contributed by atoms with E-state index in [1.807, 2.05) is 6.08 Å². The molecular formula is C34H32O11. The number of rotatable bonds is 10. The maximum atomic E-state index is 13.7. The summed E-state index contributed by atoms with van der Waals surface area (Å²) in [5.74, 6) is -1.22. The molecule has 11 heteroatoms. The van der Waals surface area contributed by atoms with Crippen molar-refractivity contribution in [2.24, 2.45) is 0 Å². The topological polar surface area (TPSA) is 180 Å². The van der Waals surface area contributed by atoms with E-state index in [4.69, 9.17) is 19.3 Å². The van der Waals surface area contributed by atoms with Crippen LogP contribution in [0, 0.1) is 0 Å². The number of phenols is 2. The average Bonchev–Trinajstić information content (AvgIpc) is 3.15. The summed E-state index contributed by atoms with van der Waals surface area (Å²) in [6.07, 6.45) is 1.39. The number of benzene rings is 5. The predicted molar refractivity (Wildman–Crippen MR) is 167 cm³/mol. The number of ether oxygens (including phenoxy) is 3. The zero-order valence-electron chi connectivity index (χ0n) is 24.9. The number of carbonyl (C=O) groups excluding carboxylic acids is 1. The summed E-state index contributed by atoms with van der Waals surface area (Å²) in [5.41, 5.74) is 1.26. The first kappa shape index (κ1) is 30.5. The molecule has 0 spiro atoms. The molecule has 0 heterocycles. The first-order valence-electron chi connectivity index (χ1n) is 14.5. The Morgan fingerprint density at radius 3 is 1.98 bits per heavy atom. The number of esters is 1. The highest BCUT2D eigenvalue weighted by molar-refractivity contribution is 6.38. The second-order valence-corrected chi connectivity index (χ2v) is 11.2. The quantitative estimate of drug-likeness (QED) is 0.0883. The molecule has 45 heavy (non-hydrogen) atoms. The molecule has 1 aliphatic carbocycles. The highest BCUT2D eigenvalue weighted by atomic mass is 16.5. The van der Waals surface area contributed by atoms with Crippen LogP contribution in [0.4, 0.5) is 0 Å². The average molecular weight is 617 g/mol. The Kier molecular flexibility index (Phi) is 7.74. The summed E-state index contributed by atoms with van der Waals surface area (Å²) in [7, 11) is 2.84. The van der Waals surface area contributed by atoms with Crippen LogP contribution in [0.15, 0.2) is 27.3 Å². The molecule has 234 valence electrons. The van der Waals surface area contributed by atoms with E-state index in [1.165, 1.54) is 26.4 Å². The van der Waals surface area contributed by atoms with Gasteiger partial charge in [0.05, 0.1) is 37.7 Å². The molecule has 0 aromatic heterocycles. The van der Waals surface area contributed by atoms with Crippen molar-refractivity contribution < 1.29 is 44.5 Å². The lowest BCUT2D eigenvalue weighted by Crippen LogP contribution is -2.13. The van der Waals surface area contributed by atoms with E-state index in [0.29, 0.717) is 54.6 Å². The van der Waals surface area contributed by atoms with E-state index in [1.54, 1.807) is 6.92 Å². The van der Waals surface area contributed by atoms with Crippen LogP contribution >= 0.6 is 0 Å². The highest BCUT2D eigenvalue weighted by Gasteiger charge is 2.35. The molecule has 1 aliphatic rings. The SMILES string of the molecule is COc1c(O)c2c(=O)cc(CO)c3c4c(CO)cc(=O)c5c(O)c(CCCC(=O)OCCO)c6c(c(c1C(OC)C(C)=C6)c23)c54. The second kappa shape index (κ2) is 11.4. The number of phenolic OH excluding ortho intramolecular Hbond substituents is 2. The van der Waals surface area contributed by atoms with Crippen LogP contribution in [-0.2, 0) is 33.9 Å². The Bertz CT molecular complexity index is 2170. The number of fused-ring (bicyclic) bond motifs is 1. The van der Waals surface area contributed by atoms with Gasteiger partial charge in [0.1, 0.15) is 18.5 Å². The van der Waals surface area contributed by atoms with Crippen LogP contribution in [0.2, 0.25) is 0 Å². The molecule has 1 atom stereocenters. The first-order chi connectivity index (χ1) is 21.6. The fourth-order valence-electron chi connectivity index (χ4n) is 7.13. The number of aliphatic hydroxyl groups excluding tert-OH is 3. The lowest BCUT2D eigenvalue weighted by Gasteiger charge is -2.25. The summed E-state index contributed by atoms with van der Waals surface area (Å²) in [6.45, 7) is 0.244. The number of hydrogen-bond acceptors (Lipinski definition) is 11. The minimum Gasteiger partial charge on any atom is -0.507 e. The number of hydrogen-bond donors (Lipinski definition) is 5. The Balaban J connectivity index is 1.91. The standard InChI is InChI=1S/C34H32O11/c1-14-9-18-17(5-4-6-21(40)45-8-7-35)31(41)25-19(38)10-15(12-36)22-23-16(13-37)11-20(39)26-28(23)29(24(18)27(22)25)30(33(14)43-2)34(44-3)32(26)42/h9-11,33,35-37,41-42H,4-8,12-13H2,1-3H3. The summed E-state index contributed by atoms with van der Waals surface area (Å²) < 4.78 is 16.7. The molecule has 11 nitrogen and oxygen atoms in total. The van der Waals surface area contributed by atoms with Gasteiger partial charge in [0.2, 0.25) is 0 Å². The minimum absolute atomic E-state index is 0.00302. The number of carbonyl (C=O) groups is 1. The lowest BCUT2D eigenvalue weighted by molar-refractivity contribution is -0.144. The number of aromatic hydroxyl groups is 2. The molecule has 1 unspecified atom stereocenters. The van der Waals surface area contributed by atoms with Gasteiger partial charge in [-0.3, -0.25) is 14.4 Å². The normalized spacial score (nSPS) is 14.6. The highest BCUT2D eigenvalue weighted by Crippen LogP contribution is 2.56. The molecule has 0 bridgehead atoms. The summed E-state index contributed by atoms with van der Waals surface area (Å²) in [4.78, 5) is 39.5. The summed E-state index contributed by atoms with van der Waals surface area (Å²) in [5, 5.41) is 55.5. The Labute approximate surface area is 255 Å². The predicted octanol–water partition coefficient (Wildman–Crippen LogP) is 3.26. The third kappa shape index (κ3) is 4.30. The summed E-state index contributed by atoms with van der Waals surface area (Å²) in [6, 6.07) is 2.44. The molecule has 6 rings (SSSR count). The van der Waals surface area contributed by atoms with Gasteiger partial charge in [0.15, 0.2) is 22.4 Å². The van der Waals surface area contributed by atoms with Crippen LogP contribution in [0.25, 0.3) is 49.2 Å². The monoisotopic (exact) mass is 616 g/mol. The van der Waals surface area contributed by atoms with Crippen LogP contribution < -0.4 is 15.6 Å². The van der Waals surface area contributed by atoms with Crippen molar-refractivity contribution in [2.75, 3.05) is 27.4 Å². The molecular weight excluding hydrogens is 584 g/mol. The smallest absolute Gasteiger partial charge is 0.305 e. The molecule has 0 amide bonds. The third-order valence-corrected chi connectivity index (χ3v) is 8.82. The van der Waals surface area contributed by atoms with Crippen molar-refractivity contribution in [3.05, 3.63) is 66.0 Å². The van der Waals surface area contributed by atoms with Crippen LogP contribution in [0.3, 0.4) is 0 Å². The first-order valence-corrected chi connectivity index (χ1v) is 14.5. The van der Waals surface area contributed by atoms with Gasteiger partial charge in [0.25, 0.3) is 0 Å². The van der Waals surface area contributed by atoms with Crippen molar-refractivity contribution in [1.82, 2.24) is 0 Å². The fraction of sp³-hybridized carbons (Fsp3) is 0.324. The van der Waals surface area contributed by atoms with Crippen molar-refractivity contribution >= 4 is 55.1 Å². The zero-order valence-corrected chi connectivity index (χ0v) is 24.9. The van der Waals surface area contributed by atoms with Gasteiger partial charge in [-0.25, -0.2) is 0 Å². The summed E-state index contributed by atoms with van der Waals surface area (Å²) >= 11 is 0. The molecule has 5 N–H and O–H groups in total. The Morgan fingerprint density at radius 1 is 0.822 bits per heavy atom. The zero-order chi connectivity index (χ0) is 32.3. The van der Waals surface area contributed by atoms with Gasteiger partial charge < -0.3 is 39.7 Å². The number of methoxy groups -OCH3 is 2. The molecule has 0 fully saturated rings. The van der Waals surface area contributed by atoms with Gasteiger partial charge in [-0.05, 0) is 70.3 Å². The van der Waals surface area contributed by atoms with Gasteiger partial charge in [-0.15, -0.1) is 0 Å². The van der Waals surface area contributed by atoms with Gasteiger partial charge in [-0.2, -0.15) is 0 Å². The van der Waals surface area contributed by atoms with E-state index in [0.717, 1.165) is 0 Å². The molecule has 5 aromatic carbocycles. The third-order valence-electron chi connectivity index (χ3n) is 8.82. The maximum Gasteiger partial charge on any atom is 0.305 e. The molecule has 0 radical (unpaired) electrons. The molecule has 5 aromatic rings. The van der Waals surface area contributed by atoms with Crippen molar-refractivity contribution in [2.45, 2.75) is 45.5 Å². The number of aliphatic hydroxyl groups is 3. The van der Waals surface area contributed by atoms with Crippen molar-refractivity contribution in [3.8, 4) is 17.2 Å². The maximum absolute atomic E-state index is 13.7. The molecule has 0 saturated heterocycles. The van der Waals surface area contributed by atoms with Crippen molar-refractivity contribution in [3.63, 3.8) is 0 Å².